The van der Waals surface area contributed by atoms with Crippen molar-refractivity contribution >= 4 is 5.91 Å². The Morgan fingerprint density at radius 1 is 1.35 bits per heavy atom. The molecule has 7 heteroatoms. The highest BCUT2D eigenvalue weighted by Crippen LogP contribution is 2.21. The van der Waals surface area contributed by atoms with Crippen molar-refractivity contribution < 1.29 is 14.1 Å². The van der Waals surface area contributed by atoms with Crippen LogP contribution in [0.2, 0.25) is 0 Å². The molecule has 0 atom stereocenters. The van der Waals surface area contributed by atoms with Crippen LogP contribution in [0.15, 0.2) is 28.8 Å². The summed E-state index contributed by atoms with van der Waals surface area (Å²) < 4.78 is 10.6. The van der Waals surface area contributed by atoms with Crippen molar-refractivity contribution in [2.24, 2.45) is 0 Å². The first-order valence-corrected chi connectivity index (χ1v) is 7.75. The fraction of sp³-hybridized carbons (Fsp3) is 0.438. The summed E-state index contributed by atoms with van der Waals surface area (Å²) in [5.74, 6) is 1.49. The van der Waals surface area contributed by atoms with Gasteiger partial charge >= 0.3 is 0 Å². The number of aryl methyl sites for hydroxylation is 1. The lowest BCUT2D eigenvalue weighted by atomic mass is 10.1. The van der Waals surface area contributed by atoms with Gasteiger partial charge in [0.25, 0.3) is 5.91 Å². The minimum Gasteiger partial charge on any atom is -0.485 e. The molecule has 1 aromatic heterocycles. The Hall–Kier alpha value is -2.41. The molecule has 1 saturated heterocycles. The van der Waals surface area contributed by atoms with E-state index in [-0.39, 0.29) is 12.5 Å². The van der Waals surface area contributed by atoms with Crippen LogP contribution >= 0.6 is 0 Å². The summed E-state index contributed by atoms with van der Waals surface area (Å²) in [6.07, 6.45) is 0.955. The van der Waals surface area contributed by atoms with Gasteiger partial charge < -0.3 is 19.5 Å². The number of nitrogens with one attached hydrogen (secondary N) is 1. The van der Waals surface area contributed by atoms with E-state index < -0.39 is 0 Å². The van der Waals surface area contributed by atoms with E-state index in [0.29, 0.717) is 29.6 Å². The lowest BCUT2D eigenvalue weighted by molar-refractivity contribution is 0.0761. The molecular formula is C16H20N4O3. The van der Waals surface area contributed by atoms with Crippen LogP contribution in [-0.4, -0.2) is 47.1 Å². The molecule has 122 valence electrons. The molecule has 2 aromatic rings. The minimum absolute atomic E-state index is 0.00593. The van der Waals surface area contributed by atoms with Gasteiger partial charge in [0.05, 0.1) is 5.56 Å². The molecule has 3 rings (SSSR count). The lowest BCUT2D eigenvalue weighted by Gasteiger charge is -2.21. The van der Waals surface area contributed by atoms with Gasteiger partial charge in [0.2, 0.25) is 11.7 Å². The molecule has 0 saturated carbocycles. The van der Waals surface area contributed by atoms with E-state index in [2.05, 4.69) is 15.5 Å². The largest absolute Gasteiger partial charge is 0.485 e. The van der Waals surface area contributed by atoms with Gasteiger partial charge in [-0.15, -0.1) is 0 Å². The van der Waals surface area contributed by atoms with Gasteiger partial charge in [0.1, 0.15) is 5.75 Å². The van der Waals surface area contributed by atoms with Gasteiger partial charge in [-0.3, -0.25) is 4.79 Å². The van der Waals surface area contributed by atoms with Gasteiger partial charge in [-0.1, -0.05) is 17.3 Å². The summed E-state index contributed by atoms with van der Waals surface area (Å²) in [4.78, 5) is 18.7. The fourth-order valence-electron chi connectivity index (χ4n) is 2.53. The molecule has 1 amide bonds. The van der Waals surface area contributed by atoms with E-state index in [1.807, 2.05) is 17.0 Å². The number of para-hydroxylation sites is 1. The SMILES string of the molecule is Cc1nc(COc2ccccc2C(=O)N2CCCNCC2)no1. The summed E-state index contributed by atoms with van der Waals surface area (Å²) in [6.45, 7) is 5.11. The molecule has 1 aliphatic rings. The number of aromatic nitrogens is 2. The van der Waals surface area contributed by atoms with Crippen molar-refractivity contribution in [3.8, 4) is 5.75 Å². The molecule has 7 nitrogen and oxygen atoms in total. The highest BCUT2D eigenvalue weighted by Gasteiger charge is 2.20. The fourth-order valence-corrected chi connectivity index (χ4v) is 2.53. The third-order valence-corrected chi connectivity index (χ3v) is 3.67. The van der Waals surface area contributed by atoms with Gasteiger partial charge in [-0.25, -0.2) is 0 Å². The quantitative estimate of drug-likeness (QED) is 0.918. The maximum absolute atomic E-state index is 12.8. The van der Waals surface area contributed by atoms with Crippen LogP contribution in [0.25, 0.3) is 0 Å². The second kappa shape index (κ2) is 7.23. The Labute approximate surface area is 134 Å². The van der Waals surface area contributed by atoms with Crippen molar-refractivity contribution in [3.05, 3.63) is 41.5 Å². The topological polar surface area (TPSA) is 80.5 Å². The van der Waals surface area contributed by atoms with Crippen LogP contribution in [0.1, 0.15) is 28.5 Å². The third kappa shape index (κ3) is 3.87. The molecule has 1 fully saturated rings. The number of rotatable bonds is 4. The Kier molecular flexibility index (Phi) is 4.87. The zero-order chi connectivity index (χ0) is 16.1. The van der Waals surface area contributed by atoms with Gasteiger partial charge in [0.15, 0.2) is 6.61 Å². The first-order chi connectivity index (χ1) is 11.2. The predicted octanol–water partition coefficient (Wildman–Crippen LogP) is 1.39. The number of nitrogens with zero attached hydrogens (tertiary/aromatic N) is 3. The van der Waals surface area contributed by atoms with Gasteiger partial charge in [0, 0.05) is 26.6 Å². The highest BCUT2D eigenvalue weighted by molar-refractivity contribution is 5.97. The zero-order valence-corrected chi connectivity index (χ0v) is 13.1. The molecule has 2 heterocycles. The normalized spacial score (nSPS) is 15.3. The predicted molar refractivity (Wildman–Crippen MR) is 83.2 cm³/mol. The standard InChI is InChI=1S/C16H20N4O3/c1-12-18-15(19-23-12)11-22-14-6-3-2-5-13(14)16(21)20-9-4-7-17-8-10-20/h2-3,5-6,17H,4,7-11H2,1H3. The number of carbonyl (C=O) groups is 1. The summed E-state index contributed by atoms with van der Waals surface area (Å²) in [7, 11) is 0. The Morgan fingerprint density at radius 2 is 2.22 bits per heavy atom. The highest BCUT2D eigenvalue weighted by atomic mass is 16.5. The van der Waals surface area contributed by atoms with Crippen molar-refractivity contribution in [1.82, 2.24) is 20.4 Å². The smallest absolute Gasteiger partial charge is 0.257 e. The van der Waals surface area contributed by atoms with Crippen LogP contribution < -0.4 is 10.1 Å². The Bertz CT molecular complexity index is 663. The van der Waals surface area contributed by atoms with Crippen molar-refractivity contribution in [2.75, 3.05) is 26.2 Å². The molecule has 0 spiro atoms. The van der Waals surface area contributed by atoms with E-state index in [4.69, 9.17) is 9.26 Å². The van der Waals surface area contributed by atoms with Crippen molar-refractivity contribution in [2.45, 2.75) is 20.0 Å². The summed E-state index contributed by atoms with van der Waals surface area (Å²) in [5, 5.41) is 7.09. The summed E-state index contributed by atoms with van der Waals surface area (Å²) in [6, 6.07) is 7.26. The molecular weight excluding hydrogens is 296 g/mol. The van der Waals surface area contributed by atoms with E-state index in [1.165, 1.54) is 0 Å². The molecule has 0 unspecified atom stereocenters. The molecule has 1 N–H and O–H groups in total. The molecule has 0 aliphatic carbocycles. The van der Waals surface area contributed by atoms with E-state index in [9.17, 15) is 4.79 Å². The number of benzene rings is 1. The van der Waals surface area contributed by atoms with Gasteiger partial charge in [-0.05, 0) is 25.1 Å². The van der Waals surface area contributed by atoms with Crippen LogP contribution in [0.4, 0.5) is 0 Å². The van der Waals surface area contributed by atoms with E-state index in [1.54, 1.807) is 19.1 Å². The number of hydrogen-bond acceptors (Lipinski definition) is 6. The minimum atomic E-state index is -0.00593. The summed E-state index contributed by atoms with van der Waals surface area (Å²) >= 11 is 0. The Balaban J connectivity index is 1.72. The van der Waals surface area contributed by atoms with Crippen LogP contribution in [0.5, 0.6) is 5.75 Å². The average molecular weight is 316 g/mol. The summed E-state index contributed by atoms with van der Waals surface area (Å²) in [5.41, 5.74) is 0.564. The number of ether oxygens (including phenoxy) is 1. The monoisotopic (exact) mass is 316 g/mol. The van der Waals surface area contributed by atoms with Crippen molar-refractivity contribution in [1.29, 1.82) is 0 Å². The van der Waals surface area contributed by atoms with Crippen molar-refractivity contribution in [3.63, 3.8) is 0 Å². The van der Waals surface area contributed by atoms with Crippen LogP contribution in [0, 0.1) is 6.92 Å². The first-order valence-electron chi connectivity index (χ1n) is 7.75. The number of amides is 1. The lowest BCUT2D eigenvalue weighted by Crippen LogP contribution is -2.34. The van der Waals surface area contributed by atoms with Gasteiger partial charge in [-0.2, -0.15) is 4.98 Å². The number of carbonyl (C=O) groups excluding carboxylic acids is 1. The molecule has 23 heavy (non-hydrogen) atoms. The molecule has 0 radical (unpaired) electrons. The first kappa shape index (κ1) is 15.5. The van der Waals surface area contributed by atoms with E-state index in [0.717, 1.165) is 26.1 Å². The second-order valence-electron chi connectivity index (χ2n) is 5.41. The zero-order valence-electron chi connectivity index (χ0n) is 13.1. The third-order valence-electron chi connectivity index (χ3n) is 3.67. The average Bonchev–Trinajstić information content (AvgIpc) is 2.82. The van der Waals surface area contributed by atoms with Crippen LogP contribution in [-0.2, 0) is 6.61 Å². The van der Waals surface area contributed by atoms with E-state index >= 15 is 0 Å². The molecule has 1 aliphatic heterocycles. The second-order valence-corrected chi connectivity index (χ2v) is 5.41. The molecule has 0 bridgehead atoms. The van der Waals surface area contributed by atoms with Crippen LogP contribution in [0.3, 0.4) is 0 Å². The maximum atomic E-state index is 12.8. The number of hydrogen-bond donors (Lipinski definition) is 1. The molecule has 1 aromatic carbocycles. The Morgan fingerprint density at radius 3 is 3.04 bits per heavy atom. The maximum Gasteiger partial charge on any atom is 0.257 e.